The van der Waals surface area contributed by atoms with Gasteiger partial charge in [-0.3, -0.25) is 9.59 Å². The van der Waals surface area contributed by atoms with E-state index in [4.69, 9.17) is 9.84 Å². The number of ether oxygens (including phenoxy) is 1. The highest BCUT2D eigenvalue weighted by molar-refractivity contribution is 6.08. The summed E-state index contributed by atoms with van der Waals surface area (Å²) in [5.74, 6) is -1.13. The van der Waals surface area contributed by atoms with E-state index in [1.54, 1.807) is 12.1 Å². The standard InChI is InChI=1S/C34H33FN2O3/c35-28-17-10-16-27(22-28)34(19-7-8-20-34)33(39)40-23-30(38)37-32(25-13-5-2-6-14-25)29-18-9-15-26(31(29)36-37)21-24-11-3-1-4-12-24/h1-6,10-14,16-17,21-22,29,32H,7-9,15,18-20,23H2/b26-21-/t29-,32+/m1/s1. The zero-order valence-corrected chi connectivity index (χ0v) is 22.5. The minimum absolute atomic E-state index is 0.0687. The van der Waals surface area contributed by atoms with Gasteiger partial charge in [-0.25, -0.2) is 9.40 Å². The number of carbonyl (C=O) groups is 2. The van der Waals surface area contributed by atoms with Crippen LogP contribution >= 0.6 is 0 Å². The molecule has 2 atom stereocenters. The maximum Gasteiger partial charge on any atom is 0.317 e. The summed E-state index contributed by atoms with van der Waals surface area (Å²) >= 11 is 0. The van der Waals surface area contributed by atoms with Crippen LogP contribution in [-0.2, 0) is 19.7 Å². The molecule has 1 amide bonds. The number of fused-ring (bicyclic) bond motifs is 1. The molecule has 0 bridgehead atoms. The van der Waals surface area contributed by atoms with Gasteiger partial charge >= 0.3 is 5.97 Å². The van der Waals surface area contributed by atoms with Crippen LogP contribution in [-0.4, -0.2) is 29.2 Å². The molecule has 1 heterocycles. The SMILES string of the molecule is O=C(COC(=O)C1(c2cccc(F)c2)CCCC1)N1N=C2/C(=C\c3ccccc3)CCC[C@H]2[C@@H]1c1ccccc1. The molecule has 5 nitrogen and oxygen atoms in total. The highest BCUT2D eigenvalue weighted by Crippen LogP contribution is 2.45. The van der Waals surface area contributed by atoms with Crippen LogP contribution in [0, 0.1) is 11.7 Å². The number of carbonyl (C=O) groups excluding carboxylic acids is 2. The zero-order chi connectivity index (χ0) is 27.5. The summed E-state index contributed by atoms with van der Waals surface area (Å²) in [6.45, 7) is -0.402. The van der Waals surface area contributed by atoms with Gasteiger partial charge in [-0.05, 0) is 72.6 Å². The molecular weight excluding hydrogens is 503 g/mol. The quantitative estimate of drug-likeness (QED) is 0.319. The van der Waals surface area contributed by atoms with E-state index in [0.717, 1.165) is 54.5 Å². The highest BCUT2D eigenvalue weighted by atomic mass is 19.1. The van der Waals surface area contributed by atoms with Crippen LogP contribution in [0.1, 0.15) is 67.7 Å². The van der Waals surface area contributed by atoms with Crippen LogP contribution in [0.2, 0.25) is 0 Å². The molecule has 204 valence electrons. The number of benzene rings is 3. The Morgan fingerprint density at radius 2 is 1.68 bits per heavy atom. The van der Waals surface area contributed by atoms with Gasteiger partial charge in [0.15, 0.2) is 6.61 Å². The topological polar surface area (TPSA) is 59.0 Å². The van der Waals surface area contributed by atoms with Crippen LogP contribution in [0.25, 0.3) is 6.08 Å². The molecule has 0 radical (unpaired) electrons. The summed E-state index contributed by atoms with van der Waals surface area (Å²) in [6.07, 6.45) is 7.88. The second-order valence-corrected chi connectivity index (χ2v) is 11.0. The third-order valence-corrected chi connectivity index (χ3v) is 8.59. The molecule has 1 aliphatic heterocycles. The Kier molecular flexibility index (Phi) is 7.33. The number of hydrazone groups is 1. The van der Waals surface area contributed by atoms with Crippen molar-refractivity contribution in [1.82, 2.24) is 5.01 Å². The van der Waals surface area contributed by atoms with Gasteiger partial charge in [0.2, 0.25) is 0 Å². The predicted octanol–water partition coefficient (Wildman–Crippen LogP) is 7.00. The molecule has 2 saturated carbocycles. The highest BCUT2D eigenvalue weighted by Gasteiger charge is 2.46. The largest absolute Gasteiger partial charge is 0.455 e. The number of hydrogen-bond acceptors (Lipinski definition) is 4. The number of allylic oxidation sites excluding steroid dienone is 1. The molecule has 6 heteroatoms. The molecular formula is C34H33FN2O3. The van der Waals surface area contributed by atoms with E-state index in [1.807, 2.05) is 48.5 Å². The molecule has 3 aliphatic rings. The summed E-state index contributed by atoms with van der Waals surface area (Å²) < 4.78 is 19.8. The van der Waals surface area contributed by atoms with E-state index in [0.29, 0.717) is 18.4 Å². The fraction of sp³-hybridized carbons (Fsp3) is 0.324. The second-order valence-electron chi connectivity index (χ2n) is 11.0. The van der Waals surface area contributed by atoms with E-state index in [9.17, 15) is 14.0 Å². The first-order chi connectivity index (χ1) is 19.5. The van der Waals surface area contributed by atoms with Crippen LogP contribution < -0.4 is 0 Å². The third kappa shape index (κ3) is 4.99. The first-order valence-corrected chi connectivity index (χ1v) is 14.2. The van der Waals surface area contributed by atoms with Gasteiger partial charge in [0.1, 0.15) is 5.82 Å². The maximum absolute atomic E-state index is 14.1. The molecule has 2 aliphatic carbocycles. The molecule has 0 aromatic heterocycles. The van der Waals surface area contributed by atoms with Crippen molar-refractivity contribution in [3.05, 3.63) is 113 Å². The van der Waals surface area contributed by atoms with Crippen molar-refractivity contribution in [3.8, 4) is 0 Å². The Morgan fingerprint density at radius 1 is 0.950 bits per heavy atom. The normalized spacial score (nSPS) is 22.6. The number of nitrogens with zero attached hydrogens (tertiary/aromatic N) is 2. The van der Waals surface area contributed by atoms with Crippen molar-refractivity contribution in [2.45, 2.75) is 56.4 Å². The van der Waals surface area contributed by atoms with E-state index < -0.39 is 18.0 Å². The first kappa shape index (κ1) is 26.2. The zero-order valence-electron chi connectivity index (χ0n) is 22.5. The molecule has 3 aromatic rings. The molecule has 0 unspecified atom stereocenters. The monoisotopic (exact) mass is 536 g/mol. The van der Waals surface area contributed by atoms with Crippen molar-refractivity contribution < 1.29 is 18.7 Å². The molecule has 0 spiro atoms. The van der Waals surface area contributed by atoms with Crippen molar-refractivity contribution in [1.29, 1.82) is 0 Å². The van der Waals surface area contributed by atoms with E-state index in [-0.39, 0.29) is 23.7 Å². The maximum atomic E-state index is 14.1. The summed E-state index contributed by atoms with van der Waals surface area (Å²) in [5, 5.41) is 6.44. The lowest BCUT2D eigenvalue weighted by Gasteiger charge is -2.30. The Morgan fingerprint density at radius 3 is 2.40 bits per heavy atom. The Bertz CT molecular complexity index is 1440. The fourth-order valence-corrected chi connectivity index (χ4v) is 6.65. The fourth-order valence-electron chi connectivity index (χ4n) is 6.65. The average Bonchev–Trinajstić information content (AvgIpc) is 3.64. The van der Waals surface area contributed by atoms with Crippen LogP contribution in [0.4, 0.5) is 4.39 Å². The van der Waals surface area contributed by atoms with Crippen molar-refractivity contribution >= 4 is 23.7 Å². The molecule has 0 saturated heterocycles. The third-order valence-electron chi connectivity index (χ3n) is 8.59. The number of amides is 1. The number of halogens is 1. The summed E-state index contributed by atoms with van der Waals surface area (Å²) in [6, 6.07) is 26.1. The van der Waals surface area contributed by atoms with Crippen LogP contribution in [0.5, 0.6) is 0 Å². The van der Waals surface area contributed by atoms with Gasteiger partial charge < -0.3 is 4.74 Å². The van der Waals surface area contributed by atoms with Gasteiger partial charge in [-0.1, -0.05) is 85.6 Å². The molecule has 6 rings (SSSR count). The van der Waals surface area contributed by atoms with E-state index >= 15 is 0 Å². The number of rotatable bonds is 6. The lowest BCUT2D eigenvalue weighted by molar-refractivity contribution is -0.158. The van der Waals surface area contributed by atoms with E-state index in [2.05, 4.69) is 18.2 Å². The van der Waals surface area contributed by atoms with Gasteiger partial charge in [-0.15, -0.1) is 0 Å². The van der Waals surface area contributed by atoms with Crippen molar-refractivity contribution in [3.63, 3.8) is 0 Å². The molecule has 40 heavy (non-hydrogen) atoms. The lowest BCUT2D eigenvalue weighted by Crippen LogP contribution is -2.39. The molecule has 0 N–H and O–H groups in total. The van der Waals surface area contributed by atoms with Gasteiger partial charge in [0.05, 0.1) is 17.2 Å². The summed E-state index contributed by atoms with van der Waals surface area (Å²) in [7, 11) is 0. The average molecular weight is 537 g/mol. The van der Waals surface area contributed by atoms with Gasteiger partial charge in [0, 0.05) is 5.92 Å². The lowest BCUT2D eigenvalue weighted by atomic mass is 9.77. The molecule has 2 fully saturated rings. The van der Waals surface area contributed by atoms with Crippen molar-refractivity contribution in [2.75, 3.05) is 6.61 Å². The smallest absolute Gasteiger partial charge is 0.317 e. The Balaban J connectivity index is 1.27. The Hall–Kier alpha value is -4.06. The number of esters is 1. The first-order valence-electron chi connectivity index (χ1n) is 14.2. The van der Waals surface area contributed by atoms with Crippen LogP contribution in [0.3, 0.4) is 0 Å². The number of hydrogen-bond donors (Lipinski definition) is 0. The minimum Gasteiger partial charge on any atom is -0.455 e. The second kappa shape index (κ2) is 11.2. The predicted molar refractivity (Wildman–Crippen MR) is 153 cm³/mol. The van der Waals surface area contributed by atoms with Gasteiger partial charge in [-0.2, -0.15) is 5.10 Å². The van der Waals surface area contributed by atoms with Crippen molar-refractivity contribution in [2.24, 2.45) is 11.0 Å². The van der Waals surface area contributed by atoms with Gasteiger partial charge in [0.25, 0.3) is 5.91 Å². The Labute approximate surface area is 234 Å². The van der Waals surface area contributed by atoms with Crippen LogP contribution in [0.15, 0.2) is 95.6 Å². The minimum atomic E-state index is -0.919. The summed E-state index contributed by atoms with van der Waals surface area (Å²) in [5.41, 5.74) is 3.90. The van der Waals surface area contributed by atoms with E-state index in [1.165, 1.54) is 17.1 Å². The molecule has 3 aromatic carbocycles. The summed E-state index contributed by atoms with van der Waals surface area (Å²) in [4.78, 5) is 27.2.